The van der Waals surface area contributed by atoms with Crippen LogP contribution in [0.1, 0.15) is 35.5 Å². The lowest BCUT2D eigenvalue weighted by Gasteiger charge is -2.09. The fraction of sp³-hybridized carbons (Fsp3) is 0.333. The van der Waals surface area contributed by atoms with E-state index in [1.165, 1.54) is 24.3 Å². The van der Waals surface area contributed by atoms with Crippen molar-refractivity contribution >= 4 is 11.7 Å². The summed E-state index contributed by atoms with van der Waals surface area (Å²) in [6.07, 6.45) is -3.72. The molecule has 30 heavy (non-hydrogen) atoms. The molecule has 0 unspecified atom stereocenters. The van der Waals surface area contributed by atoms with Crippen LogP contribution in [-0.4, -0.2) is 34.5 Å². The van der Waals surface area contributed by atoms with Gasteiger partial charge in [-0.2, -0.15) is 18.2 Å². The Kier molecular flexibility index (Phi) is 6.23. The van der Waals surface area contributed by atoms with Gasteiger partial charge in [-0.15, -0.1) is 0 Å². The van der Waals surface area contributed by atoms with Crippen molar-refractivity contribution < 1.29 is 36.5 Å². The Morgan fingerprint density at radius 1 is 1.20 bits per heavy atom. The van der Waals surface area contributed by atoms with Crippen LogP contribution in [0, 0.1) is 0 Å². The van der Waals surface area contributed by atoms with Crippen LogP contribution in [0.2, 0.25) is 0 Å². The molecule has 0 atom stereocenters. The zero-order valence-corrected chi connectivity index (χ0v) is 15.7. The minimum atomic E-state index is -4.72. The summed E-state index contributed by atoms with van der Waals surface area (Å²) in [6.45, 7) is 2.21. The summed E-state index contributed by atoms with van der Waals surface area (Å²) < 4.78 is 57.3. The number of aromatic nitrogens is 3. The minimum Gasteiger partial charge on any atom is -0.491 e. The first-order valence-electron chi connectivity index (χ1n) is 8.84. The van der Waals surface area contributed by atoms with E-state index in [4.69, 9.17) is 19.7 Å². The smallest absolute Gasteiger partial charge is 0.471 e. The Labute approximate surface area is 167 Å². The number of benzene rings is 1. The number of rotatable bonds is 8. The summed E-state index contributed by atoms with van der Waals surface area (Å²) in [4.78, 5) is 14.8. The number of esters is 1. The van der Waals surface area contributed by atoms with E-state index in [0.29, 0.717) is 24.4 Å². The van der Waals surface area contributed by atoms with E-state index >= 15 is 0 Å². The zero-order chi connectivity index (χ0) is 21.7. The third-order valence-electron chi connectivity index (χ3n) is 3.81. The molecule has 0 aliphatic heterocycles. The van der Waals surface area contributed by atoms with Gasteiger partial charge in [0.05, 0.1) is 18.9 Å². The molecule has 3 rings (SSSR count). The lowest BCUT2D eigenvalue weighted by molar-refractivity contribution is -0.159. The Hall–Kier alpha value is -3.57. The number of anilines is 1. The van der Waals surface area contributed by atoms with Gasteiger partial charge in [-0.05, 0) is 31.5 Å². The highest BCUT2D eigenvalue weighted by Gasteiger charge is 2.38. The molecule has 2 N–H and O–H groups in total. The fourth-order valence-electron chi connectivity index (χ4n) is 2.44. The van der Waals surface area contributed by atoms with Gasteiger partial charge < -0.3 is 24.3 Å². The van der Waals surface area contributed by atoms with E-state index in [2.05, 4.69) is 19.8 Å². The average Bonchev–Trinajstić information content (AvgIpc) is 3.36. The number of nitrogen functional groups attached to an aromatic ring is 1. The molecular weight excluding hydrogens is 409 g/mol. The average molecular weight is 426 g/mol. The van der Waals surface area contributed by atoms with E-state index in [9.17, 15) is 18.0 Å². The molecule has 0 aliphatic carbocycles. The quantitative estimate of drug-likeness (QED) is 0.327. The highest BCUT2D eigenvalue weighted by atomic mass is 19.4. The van der Waals surface area contributed by atoms with Crippen molar-refractivity contribution in [3.05, 3.63) is 41.6 Å². The Balaban J connectivity index is 1.53. The Morgan fingerprint density at radius 3 is 2.67 bits per heavy atom. The molecule has 0 aliphatic rings. The summed E-state index contributed by atoms with van der Waals surface area (Å²) in [6, 6.07) is 5.87. The Morgan fingerprint density at radius 2 is 2.00 bits per heavy atom. The van der Waals surface area contributed by atoms with Crippen molar-refractivity contribution in [2.45, 2.75) is 25.9 Å². The van der Waals surface area contributed by atoms with Crippen molar-refractivity contribution in [3.8, 4) is 17.1 Å². The topological polar surface area (TPSA) is 126 Å². The van der Waals surface area contributed by atoms with Crippen molar-refractivity contribution in [3.63, 3.8) is 0 Å². The number of hydrogen-bond donors (Lipinski definition) is 1. The first-order valence-corrected chi connectivity index (χ1v) is 8.84. The Bertz CT molecular complexity index is 1020. The number of nitrogens with zero attached hydrogens (tertiary/aromatic N) is 3. The molecule has 12 heteroatoms. The molecule has 2 aromatic heterocycles. The molecule has 3 aromatic rings. The summed E-state index contributed by atoms with van der Waals surface area (Å²) in [5, 5.41) is 6.95. The molecule has 1 aromatic carbocycles. The maximum absolute atomic E-state index is 12.6. The lowest BCUT2D eigenvalue weighted by atomic mass is 10.2. The molecular formula is C18H17F3N4O5. The van der Waals surface area contributed by atoms with Crippen LogP contribution in [-0.2, 0) is 17.3 Å². The number of ether oxygens (including phenoxy) is 2. The van der Waals surface area contributed by atoms with Crippen LogP contribution in [0.25, 0.3) is 11.4 Å². The van der Waals surface area contributed by atoms with Gasteiger partial charge in [0.2, 0.25) is 5.82 Å². The third-order valence-corrected chi connectivity index (χ3v) is 3.81. The predicted molar refractivity (Wildman–Crippen MR) is 95.4 cm³/mol. The van der Waals surface area contributed by atoms with Gasteiger partial charge in [0, 0.05) is 18.1 Å². The van der Waals surface area contributed by atoms with Crippen LogP contribution in [0.4, 0.5) is 18.9 Å². The minimum absolute atomic E-state index is 0.0998. The third kappa shape index (κ3) is 5.07. The van der Waals surface area contributed by atoms with Gasteiger partial charge in [-0.3, -0.25) is 0 Å². The summed E-state index contributed by atoms with van der Waals surface area (Å²) in [7, 11) is 0. The molecule has 0 bridgehead atoms. The summed E-state index contributed by atoms with van der Waals surface area (Å²) in [5.74, 6) is -1.37. The molecule has 2 heterocycles. The van der Waals surface area contributed by atoms with E-state index in [-0.39, 0.29) is 36.0 Å². The van der Waals surface area contributed by atoms with Crippen molar-refractivity contribution in [1.82, 2.24) is 15.3 Å². The van der Waals surface area contributed by atoms with Gasteiger partial charge in [0.15, 0.2) is 5.69 Å². The number of halogens is 3. The second-order valence-electron chi connectivity index (χ2n) is 6.02. The highest BCUT2D eigenvalue weighted by molar-refractivity contribution is 5.87. The normalized spacial score (nSPS) is 11.5. The van der Waals surface area contributed by atoms with Gasteiger partial charge >= 0.3 is 18.0 Å². The number of alkyl halides is 3. The van der Waals surface area contributed by atoms with Crippen molar-refractivity contribution in [2.24, 2.45) is 0 Å². The molecule has 9 nitrogen and oxygen atoms in total. The maximum Gasteiger partial charge on any atom is 0.471 e. The standard InChI is InChI=1S/C18H17F3N4O5/c1-2-27-16(26)13-9-11(29-24-13)4-3-7-28-14-6-5-10(8-12(14)22)15-23-17(30-25-15)18(19,20)21/h5-6,8-9H,2-4,7,22H2,1H3. The number of aryl methyl sites for hydroxylation is 1. The first-order chi connectivity index (χ1) is 14.3. The van der Waals surface area contributed by atoms with Crippen molar-refractivity contribution in [2.75, 3.05) is 18.9 Å². The number of carbonyl (C=O) groups excluding carboxylic acids is 1. The zero-order valence-electron chi connectivity index (χ0n) is 15.7. The van der Waals surface area contributed by atoms with Crippen LogP contribution in [0.3, 0.4) is 0 Å². The number of nitrogens with two attached hydrogens (primary N) is 1. The molecule has 0 spiro atoms. The second-order valence-corrected chi connectivity index (χ2v) is 6.02. The van der Waals surface area contributed by atoms with E-state index in [0.717, 1.165) is 0 Å². The van der Waals surface area contributed by atoms with E-state index in [1.807, 2.05) is 0 Å². The van der Waals surface area contributed by atoms with Crippen molar-refractivity contribution in [1.29, 1.82) is 0 Å². The molecule has 0 saturated carbocycles. The van der Waals surface area contributed by atoms with Gasteiger partial charge in [0.25, 0.3) is 0 Å². The number of carbonyl (C=O) groups is 1. The second kappa shape index (κ2) is 8.84. The van der Waals surface area contributed by atoms with Gasteiger partial charge in [-0.1, -0.05) is 10.3 Å². The van der Waals surface area contributed by atoms with E-state index in [1.54, 1.807) is 6.92 Å². The molecule has 0 amide bonds. The predicted octanol–water partition coefficient (Wildman–Crippen LogP) is 3.51. The lowest BCUT2D eigenvalue weighted by Crippen LogP contribution is -2.05. The fourth-order valence-corrected chi connectivity index (χ4v) is 2.44. The van der Waals surface area contributed by atoms with Crippen LogP contribution < -0.4 is 10.5 Å². The number of hydrogen-bond acceptors (Lipinski definition) is 9. The van der Waals surface area contributed by atoms with Gasteiger partial charge in [-0.25, -0.2) is 4.79 Å². The molecule has 0 fully saturated rings. The summed E-state index contributed by atoms with van der Waals surface area (Å²) >= 11 is 0. The van der Waals surface area contributed by atoms with Crippen LogP contribution in [0.5, 0.6) is 5.75 Å². The molecule has 160 valence electrons. The highest BCUT2D eigenvalue weighted by Crippen LogP contribution is 2.31. The van der Waals surface area contributed by atoms with Crippen LogP contribution in [0.15, 0.2) is 33.3 Å². The van der Waals surface area contributed by atoms with Crippen LogP contribution >= 0.6 is 0 Å². The van der Waals surface area contributed by atoms with E-state index < -0.39 is 18.0 Å². The maximum atomic E-state index is 12.6. The molecule has 0 saturated heterocycles. The monoisotopic (exact) mass is 426 g/mol. The summed E-state index contributed by atoms with van der Waals surface area (Å²) in [5.41, 5.74) is 6.46. The largest absolute Gasteiger partial charge is 0.491 e. The first kappa shape index (κ1) is 21.1. The van der Waals surface area contributed by atoms with Gasteiger partial charge in [0.1, 0.15) is 11.5 Å². The molecule has 0 radical (unpaired) electrons. The SMILES string of the molecule is CCOC(=O)c1cc(CCCOc2ccc(-c3noc(C(F)(F)F)n3)cc2N)on1.